The van der Waals surface area contributed by atoms with Crippen LogP contribution >= 0.6 is 0 Å². The topological polar surface area (TPSA) is 76.2 Å². The fraction of sp³-hybridized carbons (Fsp3) is 0.750. The summed E-state index contributed by atoms with van der Waals surface area (Å²) in [6, 6.07) is 0. The molecule has 2 N–H and O–H groups in total. The Bertz CT molecular complexity index is 621. The highest BCUT2D eigenvalue weighted by Crippen LogP contribution is 2.37. The molecule has 134 valence electrons. The summed E-state index contributed by atoms with van der Waals surface area (Å²) in [6.45, 7) is 5.02. The number of amides is 1. The lowest BCUT2D eigenvalue weighted by atomic mass is 9.83. The highest BCUT2D eigenvalue weighted by Gasteiger charge is 2.52. The Morgan fingerprint density at radius 3 is 2.67 bits per heavy atom. The second-order valence-corrected chi connectivity index (χ2v) is 6.79. The monoisotopic (exact) mass is 343 g/mol. The third-order valence-corrected chi connectivity index (χ3v) is 4.99. The van der Waals surface area contributed by atoms with E-state index in [9.17, 15) is 13.6 Å². The molecular formula is C16H23F2N3O3. The van der Waals surface area contributed by atoms with Crippen LogP contribution in [0.4, 0.5) is 8.78 Å². The lowest BCUT2D eigenvalue weighted by Crippen LogP contribution is -2.62. The van der Waals surface area contributed by atoms with E-state index in [4.69, 9.17) is 9.47 Å². The van der Waals surface area contributed by atoms with Crippen LogP contribution in [0.3, 0.4) is 0 Å². The van der Waals surface area contributed by atoms with Gasteiger partial charge in [0.25, 0.3) is 11.8 Å². The van der Waals surface area contributed by atoms with Gasteiger partial charge in [-0.15, -0.1) is 0 Å². The molecule has 1 fully saturated rings. The van der Waals surface area contributed by atoms with E-state index in [0.717, 1.165) is 18.2 Å². The van der Waals surface area contributed by atoms with Gasteiger partial charge < -0.3 is 14.8 Å². The molecule has 2 aliphatic rings. The highest BCUT2D eigenvalue weighted by atomic mass is 19.3. The normalized spacial score (nSPS) is 26.7. The van der Waals surface area contributed by atoms with Gasteiger partial charge in [0, 0.05) is 32.1 Å². The number of H-pyrrole nitrogens is 1. The number of alkyl halides is 2. The van der Waals surface area contributed by atoms with Gasteiger partial charge in [0.2, 0.25) is 0 Å². The Hall–Kier alpha value is -1.54. The molecule has 6 nitrogen and oxygen atoms in total. The molecule has 24 heavy (non-hydrogen) atoms. The number of aromatic nitrogens is 2. The molecule has 3 rings (SSSR count). The number of rotatable bonds is 3. The van der Waals surface area contributed by atoms with Gasteiger partial charge in [0.1, 0.15) is 5.54 Å². The van der Waals surface area contributed by atoms with E-state index in [2.05, 4.69) is 15.5 Å². The maximum atomic E-state index is 14.2. The van der Waals surface area contributed by atoms with Gasteiger partial charge in [-0.05, 0) is 26.7 Å². The van der Waals surface area contributed by atoms with Crippen LogP contribution in [0, 0.1) is 0 Å². The zero-order chi connectivity index (χ0) is 17.5. The molecule has 0 spiro atoms. The fourth-order valence-corrected chi connectivity index (χ4v) is 3.53. The van der Waals surface area contributed by atoms with Crippen LogP contribution in [0.2, 0.25) is 0 Å². The average Bonchev–Trinajstić information content (AvgIpc) is 2.91. The van der Waals surface area contributed by atoms with Crippen LogP contribution < -0.4 is 5.32 Å². The van der Waals surface area contributed by atoms with E-state index < -0.39 is 17.4 Å². The molecule has 0 unspecified atom stereocenters. The van der Waals surface area contributed by atoms with E-state index in [-0.39, 0.29) is 44.0 Å². The van der Waals surface area contributed by atoms with Crippen LogP contribution in [-0.4, -0.2) is 46.9 Å². The predicted octanol–water partition coefficient (Wildman–Crippen LogP) is 2.37. The second-order valence-electron chi connectivity index (χ2n) is 6.79. The predicted molar refractivity (Wildman–Crippen MR) is 82.1 cm³/mol. The first-order valence-corrected chi connectivity index (χ1v) is 8.24. The van der Waals surface area contributed by atoms with E-state index in [1.165, 1.54) is 0 Å². The number of carbonyl (C=O) groups is 1. The summed E-state index contributed by atoms with van der Waals surface area (Å²) in [6.07, 6.45) is 0.413. The number of nitrogens with one attached hydrogen (secondary N) is 2. The Labute approximate surface area is 139 Å². The van der Waals surface area contributed by atoms with Crippen LogP contribution in [0.25, 0.3) is 0 Å². The van der Waals surface area contributed by atoms with Crippen molar-refractivity contribution in [3.8, 4) is 0 Å². The summed E-state index contributed by atoms with van der Waals surface area (Å²) in [5, 5.41) is 9.45. The SMILES string of the molecule is C[C@@H]1Cc2c(C(=O)NC3(C(C)(F)F)CCOCC3)n[nH]c2[C@H](C)O1. The molecular weight excluding hydrogens is 320 g/mol. The zero-order valence-corrected chi connectivity index (χ0v) is 14.1. The van der Waals surface area contributed by atoms with E-state index in [0.29, 0.717) is 6.42 Å². The molecule has 1 saturated heterocycles. The Morgan fingerprint density at radius 2 is 2.04 bits per heavy atom. The molecule has 0 radical (unpaired) electrons. The van der Waals surface area contributed by atoms with Gasteiger partial charge >= 0.3 is 0 Å². The van der Waals surface area contributed by atoms with E-state index in [1.807, 2.05) is 13.8 Å². The number of nitrogens with zero attached hydrogens (tertiary/aromatic N) is 1. The van der Waals surface area contributed by atoms with Gasteiger partial charge in [-0.1, -0.05) is 0 Å². The first-order chi connectivity index (χ1) is 11.2. The van der Waals surface area contributed by atoms with E-state index >= 15 is 0 Å². The summed E-state index contributed by atoms with van der Waals surface area (Å²) < 4.78 is 39.3. The summed E-state index contributed by atoms with van der Waals surface area (Å²) >= 11 is 0. The van der Waals surface area contributed by atoms with Crippen molar-refractivity contribution in [3.05, 3.63) is 17.0 Å². The first-order valence-electron chi connectivity index (χ1n) is 8.24. The smallest absolute Gasteiger partial charge is 0.272 e. The molecule has 2 aliphatic heterocycles. The Morgan fingerprint density at radius 1 is 1.38 bits per heavy atom. The summed E-state index contributed by atoms with van der Waals surface area (Å²) in [5.41, 5.74) is 0.0707. The fourth-order valence-electron chi connectivity index (χ4n) is 3.53. The van der Waals surface area contributed by atoms with Gasteiger partial charge in [-0.25, -0.2) is 8.78 Å². The zero-order valence-electron chi connectivity index (χ0n) is 14.1. The quantitative estimate of drug-likeness (QED) is 0.883. The van der Waals surface area contributed by atoms with Crippen molar-refractivity contribution in [2.75, 3.05) is 13.2 Å². The standard InChI is InChI=1S/C16H23F2N3O3/c1-9-8-11-12(10(2)24-9)20-21-13(11)14(22)19-16(15(3,17)18)4-6-23-7-5-16/h9-10H,4-8H2,1-3H3,(H,19,22)(H,20,21)/t9-,10+/m1/s1. The molecule has 0 aliphatic carbocycles. The minimum absolute atomic E-state index is 0.0543. The number of halogens is 2. The largest absolute Gasteiger partial charge is 0.381 e. The maximum Gasteiger partial charge on any atom is 0.272 e. The second kappa shape index (κ2) is 6.07. The van der Waals surface area contributed by atoms with Crippen molar-refractivity contribution in [2.45, 2.75) is 63.7 Å². The minimum Gasteiger partial charge on any atom is -0.381 e. The number of aromatic amines is 1. The average molecular weight is 343 g/mol. The van der Waals surface area contributed by atoms with Crippen LogP contribution in [0.15, 0.2) is 0 Å². The minimum atomic E-state index is -3.05. The van der Waals surface area contributed by atoms with E-state index in [1.54, 1.807) is 0 Å². The van der Waals surface area contributed by atoms with Gasteiger partial charge in [-0.3, -0.25) is 9.89 Å². The summed E-state index contributed by atoms with van der Waals surface area (Å²) in [7, 11) is 0. The van der Waals surface area contributed by atoms with Crippen LogP contribution in [-0.2, 0) is 15.9 Å². The van der Waals surface area contributed by atoms with Crippen molar-refractivity contribution in [1.29, 1.82) is 0 Å². The van der Waals surface area contributed by atoms with Crippen LogP contribution in [0.1, 0.15) is 61.5 Å². The maximum absolute atomic E-state index is 14.2. The first kappa shape index (κ1) is 17.3. The van der Waals surface area contributed by atoms with Gasteiger partial charge in [0.05, 0.1) is 17.9 Å². The molecule has 2 atom stereocenters. The van der Waals surface area contributed by atoms with Crippen molar-refractivity contribution in [1.82, 2.24) is 15.5 Å². The number of hydrogen-bond donors (Lipinski definition) is 2. The molecule has 1 aromatic rings. The summed E-state index contributed by atoms with van der Waals surface area (Å²) in [4.78, 5) is 12.7. The molecule has 3 heterocycles. The Balaban J connectivity index is 1.87. The van der Waals surface area contributed by atoms with Crippen molar-refractivity contribution in [3.63, 3.8) is 0 Å². The molecule has 1 aromatic heterocycles. The molecule has 8 heteroatoms. The van der Waals surface area contributed by atoms with Crippen molar-refractivity contribution >= 4 is 5.91 Å². The number of hydrogen-bond acceptors (Lipinski definition) is 4. The lowest BCUT2D eigenvalue weighted by Gasteiger charge is -2.42. The highest BCUT2D eigenvalue weighted by molar-refractivity contribution is 5.94. The molecule has 0 aromatic carbocycles. The molecule has 0 bridgehead atoms. The number of fused-ring (bicyclic) bond motifs is 1. The Kier molecular flexibility index (Phi) is 4.37. The van der Waals surface area contributed by atoms with Crippen LogP contribution in [0.5, 0.6) is 0 Å². The third-order valence-electron chi connectivity index (χ3n) is 4.99. The van der Waals surface area contributed by atoms with Gasteiger partial charge in [-0.2, -0.15) is 5.10 Å². The third kappa shape index (κ3) is 2.93. The number of carbonyl (C=O) groups excluding carboxylic acids is 1. The number of ether oxygens (including phenoxy) is 2. The van der Waals surface area contributed by atoms with Crippen molar-refractivity contribution < 1.29 is 23.0 Å². The lowest BCUT2D eigenvalue weighted by molar-refractivity contribution is -0.111. The molecule has 1 amide bonds. The van der Waals surface area contributed by atoms with Crippen molar-refractivity contribution in [2.24, 2.45) is 0 Å². The van der Waals surface area contributed by atoms with Gasteiger partial charge in [0.15, 0.2) is 5.69 Å². The summed E-state index contributed by atoms with van der Waals surface area (Å²) in [5.74, 6) is -3.62. The molecule has 0 saturated carbocycles.